The minimum absolute atomic E-state index is 0.306. The molecule has 0 amide bonds. The maximum atomic E-state index is 10.2. The molecule has 0 aliphatic carbocycles. The average molecular weight is 391 g/mol. The van der Waals surface area contributed by atoms with Gasteiger partial charge in [0.25, 0.3) is 0 Å². The van der Waals surface area contributed by atoms with Gasteiger partial charge in [0.15, 0.2) is 0 Å². The summed E-state index contributed by atoms with van der Waals surface area (Å²) in [5.74, 6) is 0.612. The number of aromatic hydroxyl groups is 2. The highest BCUT2D eigenvalue weighted by atomic mass is 33.1. The second-order valence-electron chi connectivity index (χ2n) is 6.69. The first-order valence-electron chi connectivity index (χ1n) is 9.62. The molecule has 4 heteroatoms. The Kier molecular flexibility index (Phi) is 9.27. The first-order valence-corrected chi connectivity index (χ1v) is 11.8. The van der Waals surface area contributed by atoms with E-state index in [4.69, 9.17) is 0 Å². The quantitative estimate of drug-likeness (QED) is 0.310. The summed E-state index contributed by atoms with van der Waals surface area (Å²) in [6.45, 7) is 4.41. The van der Waals surface area contributed by atoms with Crippen molar-refractivity contribution in [1.29, 1.82) is 0 Å². The molecule has 0 unspecified atom stereocenters. The van der Waals surface area contributed by atoms with Crippen molar-refractivity contribution in [2.24, 2.45) is 0 Å². The number of phenolic OH excluding ortho intramolecular Hbond substituents is 2. The van der Waals surface area contributed by atoms with Gasteiger partial charge in [0.2, 0.25) is 0 Å². The van der Waals surface area contributed by atoms with Gasteiger partial charge in [-0.2, -0.15) is 0 Å². The maximum absolute atomic E-state index is 10.2. The summed E-state index contributed by atoms with van der Waals surface area (Å²) < 4.78 is 0. The Balaban J connectivity index is 2.01. The Labute approximate surface area is 165 Å². The van der Waals surface area contributed by atoms with Crippen LogP contribution in [0.2, 0.25) is 0 Å². The highest BCUT2D eigenvalue weighted by molar-refractivity contribution is 8.76. The van der Waals surface area contributed by atoms with E-state index in [2.05, 4.69) is 26.0 Å². The summed E-state index contributed by atoms with van der Waals surface area (Å²) in [7, 11) is 3.02. The molecule has 142 valence electrons. The van der Waals surface area contributed by atoms with Gasteiger partial charge in [0.05, 0.1) is 9.79 Å². The SMILES string of the molecule is CCCCCc1ccc(O)c(SSc2cc(CCCCC)ccc2O)c1. The first-order chi connectivity index (χ1) is 12.6. The van der Waals surface area contributed by atoms with Crippen LogP contribution in [-0.2, 0) is 12.8 Å². The van der Waals surface area contributed by atoms with Gasteiger partial charge < -0.3 is 10.2 Å². The van der Waals surface area contributed by atoms with Crippen molar-refractivity contribution in [2.75, 3.05) is 0 Å². The summed E-state index contributed by atoms with van der Waals surface area (Å²) >= 11 is 0. The number of hydrogen-bond acceptors (Lipinski definition) is 4. The van der Waals surface area contributed by atoms with E-state index in [0.29, 0.717) is 11.5 Å². The van der Waals surface area contributed by atoms with Gasteiger partial charge >= 0.3 is 0 Å². The van der Waals surface area contributed by atoms with Crippen LogP contribution in [0.4, 0.5) is 0 Å². The minimum Gasteiger partial charge on any atom is -0.507 e. The Morgan fingerprint density at radius 1 is 0.654 bits per heavy atom. The highest BCUT2D eigenvalue weighted by Crippen LogP contribution is 2.45. The molecule has 0 bridgehead atoms. The smallest absolute Gasteiger partial charge is 0.130 e. The molecule has 0 saturated heterocycles. The minimum atomic E-state index is 0.306. The number of hydrogen-bond donors (Lipinski definition) is 2. The van der Waals surface area contributed by atoms with Crippen molar-refractivity contribution >= 4 is 21.6 Å². The third-order valence-corrected chi connectivity index (χ3v) is 6.83. The zero-order valence-corrected chi connectivity index (χ0v) is 17.5. The van der Waals surface area contributed by atoms with Crippen molar-refractivity contribution in [3.63, 3.8) is 0 Å². The summed E-state index contributed by atoms with van der Waals surface area (Å²) in [5.41, 5.74) is 2.52. The van der Waals surface area contributed by atoms with Crippen LogP contribution in [0.1, 0.15) is 63.5 Å². The molecule has 0 saturated carbocycles. The first kappa shape index (κ1) is 21.0. The number of benzene rings is 2. The third kappa shape index (κ3) is 6.81. The Morgan fingerprint density at radius 2 is 1.08 bits per heavy atom. The summed E-state index contributed by atoms with van der Waals surface area (Å²) in [6.07, 6.45) is 9.34. The molecule has 2 aromatic rings. The Hall–Kier alpha value is -1.26. The molecule has 0 aliphatic heterocycles. The van der Waals surface area contributed by atoms with E-state index in [1.807, 2.05) is 12.1 Å². The number of unbranched alkanes of at least 4 members (excludes halogenated alkanes) is 4. The van der Waals surface area contributed by atoms with Crippen molar-refractivity contribution in [2.45, 2.75) is 75.0 Å². The van der Waals surface area contributed by atoms with Crippen molar-refractivity contribution in [3.8, 4) is 11.5 Å². The molecule has 2 N–H and O–H groups in total. The highest BCUT2D eigenvalue weighted by Gasteiger charge is 2.09. The van der Waals surface area contributed by atoms with E-state index in [1.165, 1.54) is 71.2 Å². The topological polar surface area (TPSA) is 40.5 Å². The fourth-order valence-corrected chi connectivity index (χ4v) is 5.03. The molecular formula is C22H30O2S2. The number of rotatable bonds is 11. The largest absolute Gasteiger partial charge is 0.507 e. The summed E-state index contributed by atoms with van der Waals surface area (Å²) in [6, 6.07) is 11.7. The van der Waals surface area contributed by atoms with Gasteiger partial charge in [-0.05, 0) is 82.7 Å². The van der Waals surface area contributed by atoms with E-state index >= 15 is 0 Å². The van der Waals surface area contributed by atoms with E-state index in [0.717, 1.165) is 22.6 Å². The van der Waals surface area contributed by atoms with Crippen LogP contribution < -0.4 is 0 Å². The number of phenols is 2. The molecule has 2 rings (SSSR count). The van der Waals surface area contributed by atoms with Crippen LogP contribution in [-0.4, -0.2) is 10.2 Å². The fraction of sp³-hybridized carbons (Fsp3) is 0.455. The molecule has 0 heterocycles. The van der Waals surface area contributed by atoms with Gasteiger partial charge in [-0.1, -0.05) is 51.7 Å². The van der Waals surface area contributed by atoms with Crippen molar-refractivity contribution < 1.29 is 10.2 Å². The normalized spacial score (nSPS) is 11.0. The van der Waals surface area contributed by atoms with E-state index in [1.54, 1.807) is 12.1 Å². The second kappa shape index (κ2) is 11.5. The summed E-state index contributed by atoms with van der Waals surface area (Å²) in [5, 5.41) is 20.3. The molecule has 0 aromatic heterocycles. The van der Waals surface area contributed by atoms with E-state index < -0.39 is 0 Å². The standard InChI is InChI=1S/C22H30O2S2/c1-3-5-7-9-17-11-13-19(23)21(15-17)25-26-22-16-18(10-8-6-4-2)12-14-20(22)24/h11-16,23-24H,3-10H2,1-2H3. The molecule has 0 fully saturated rings. The number of aryl methyl sites for hydroxylation is 2. The van der Waals surface area contributed by atoms with Gasteiger partial charge in [0.1, 0.15) is 11.5 Å². The second-order valence-corrected chi connectivity index (χ2v) is 8.90. The van der Waals surface area contributed by atoms with Gasteiger partial charge in [0, 0.05) is 0 Å². The van der Waals surface area contributed by atoms with Crippen molar-refractivity contribution in [1.82, 2.24) is 0 Å². The molecule has 26 heavy (non-hydrogen) atoms. The average Bonchev–Trinajstić information content (AvgIpc) is 2.64. The van der Waals surface area contributed by atoms with E-state index in [-0.39, 0.29) is 0 Å². The monoisotopic (exact) mass is 390 g/mol. The van der Waals surface area contributed by atoms with Crippen LogP contribution in [0.5, 0.6) is 11.5 Å². The molecule has 2 aromatic carbocycles. The van der Waals surface area contributed by atoms with Gasteiger partial charge in [-0.3, -0.25) is 0 Å². The maximum Gasteiger partial charge on any atom is 0.130 e. The predicted octanol–water partition coefficient (Wildman–Crippen LogP) is 7.36. The lowest BCUT2D eigenvalue weighted by atomic mass is 10.1. The van der Waals surface area contributed by atoms with Crippen molar-refractivity contribution in [3.05, 3.63) is 47.5 Å². The van der Waals surface area contributed by atoms with Crippen LogP contribution in [0.25, 0.3) is 0 Å². The Bertz CT molecular complexity index is 626. The molecule has 2 nitrogen and oxygen atoms in total. The fourth-order valence-electron chi connectivity index (χ4n) is 2.81. The Morgan fingerprint density at radius 3 is 1.46 bits per heavy atom. The van der Waals surface area contributed by atoms with Crippen LogP contribution in [0.15, 0.2) is 46.2 Å². The molecule has 0 atom stereocenters. The van der Waals surface area contributed by atoms with Gasteiger partial charge in [-0.15, -0.1) is 0 Å². The van der Waals surface area contributed by atoms with Crippen LogP contribution in [0.3, 0.4) is 0 Å². The lowest BCUT2D eigenvalue weighted by Crippen LogP contribution is -1.87. The zero-order valence-electron chi connectivity index (χ0n) is 15.8. The zero-order chi connectivity index (χ0) is 18.8. The molecular weight excluding hydrogens is 360 g/mol. The summed E-state index contributed by atoms with van der Waals surface area (Å²) in [4.78, 5) is 1.72. The predicted molar refractivity (Wildman–Crippen MR) is 114 cm³/mol. The molecule has 0 aliphatic rings. The van der Waals surface area contributed by atoms with Crippen LogP contribution in [0, 0.1) is 0 Å². The lowest BCUT2D eigenvalue weighted by molar-refractivity contribution is 0.461. The van der Waals surface area contributed by atoms with Crippen LogP contribution >= 0.6 is 21.6 Å². The molecule has 0 radical (unpaired) electrons. The third-order valence-electron chi connectivity index (χ3n) is 4.41. The molecule has 0 spiro atoms. The van der Waals surface area contributed by atoms with Gasteiger partial charge in [-0.25, -0.2) is 0 Å². The van der Waals surface area contributed by atoms with E-state index in [9.17, 15) is 10.2 Å². The lowest BCUT2D eigenvalue weighted by Gasteiger charge is -2.09.